The maximum absolute atomic E-state index is 13.0. The minimum absolute atomic E-state index is 0.0946. The van der Waals surface area contributed by atoms with Gasteiger partial charge in [0, 0.05) is 18.2 Å². The second kappa shape index (κ2) is 7.62. The van der Waals surface area contributed by atoms with Gasteiger partial charge in [0.25, 0.3) is 5.91 Å². The van der Waals surface area contributed by atoms with E-state index < -0.39 is 5.60 Å². The van der Waals surface area contributed by atoms with Gasteiger partial charge < -0.3 is 14.8 Å². The predicted octanol–water partition coefficient (Wildman–Crippen LogP) is 4.41. The van der Waals surface area contributed by atoms with Crippen molar-refractivity contribution >= 4 is 22.5 Å². The molecule has 0 radical (unpaired) electrons. The number of ether oxygens (including phenoxy) is 2. The molecule has 0 bridgehead atoms. The average Bonchev–Trinajstić information content (AvgIpc) is 3.46. The summed E-state index contributed by atoms with van der Waals surface area (Å²) in [4.78, 5) is 17.4. The number of rotatable bonds is 8. The second-order valence-corrected chi connectivity index (χ2v) is 7.48. The Morgan fingerprint density at radius 3 is 2.77 bits per heavy atom. The first-order chi connectivity index (χ1) is 12.5. The van der Waals surface area contributed by atoms with Gasteiger partial charge in [0.2, 0.25) is 0 Å². The van der Waals surface area contributed by atoms with E-state index in [1.165, 1.54) is 0 Å². The molecule has 1 aliphatic carbocycles. The van der Waals surface area contributed by atoms with E-state index >= 15 is 0 Å². The first-order valence-corrected chi connectivity index (χ1v) is 9.41. The molecule has 0 spiro atoms. The number of amides is 1. The molecule has 1 saturated carbocycles. The van der Waals surface area contributed by atoms with Crippen LogP contribution in [-0.4, -0.2) is 29.7 Å². The highest BCUT2D eigenvalue weighted by atomic mass is 16.5. The summed E-state index contributed by atoms with van der Waals surface area (Å²) in [6.45, 7) is 9.18. The lowest BCUT2D eigenvalue weighted by Gasteiger charge is -2.28. The van der Waals surface area contributed by atoms with Gasteiger partial charge in [0.15, 0.2) is 0 Å². The van der Waals surface area contributed by atoms with E-state index in [9.17, 15) is 4.79 Å². The van der Waals surface area contributed by atoms with Crippen LogP contribution in [0.5, 0.6) is 5.75 Å². The summed E-state index contributed by atoms with van der Waals surface area (Å²) in [6.07, 6.45) is 3.81. The van der Waals surface area contributed by atoms with Crippen molar-refractivity contribution in [2.24, 2.45) is 11.8 Å². The first-order valence-electron chi connectivity index (χ1n) is 9.41. The largest absolute Gasteiger partial charge is 0.491 e. The van der Waals surface area contributed by atoms with Crippen molar-refractivity contribution < 1.29 is 14.3 Å². The molecule has 1 aliphatic rings. The second-order valence-electron chi connectivity index (χ2n) is 7.48. The zero-order valence-corrected chi connectivity index (χ0v) is 16.0. The van der Waals surface area contributed by atoms with E-state index in [2.05, 4.69) is 24.1 Å². The lowest BCUT2D eigenvalue weighted by atomic mass is 9.98. The SMILES string of the molecule is CCO[C@](C)(C(=O)Nc1ccc(OCC(C)C)c2ncccc12)C1CC1. The number of benzene rings is 1. The number of pyridine rings is 1. The van der Waals surface area contributed by atoms with E-state index in [0.29, 0.717) is 25.0 Å². The highest BCUT2D eigenvalue weighted by Gasteiger charge is 2.48. The number of carbonyl (C=O) groups excluding carboxylic acids is 1. The van der Waals surface area contributed by atoms with Crippen molar-refractivity contribution in [3.63, 3.8) is 0 Å². The predicted molar refractivity (Wildman–Crippen MR) is 103 cm³/mol. The van der Waals surface area contributed by atoms with Gasteiger partial charge >= 0.3 is 0 Å². The van der Waals surface area contributed by atoms with Crippen LogP contribution in [0.3, 0.4) is 0 Å². The molecule has 1 heterocycles. The highest BCUT2D eigenvalue weighted by Crippen LogP contribution is 2.43. The average molecular weight is 356 g/mol. The standard InChI is InChI=1S/C21H28N2O3/c1-5-26-21(4,15-8-9-15)20(24)23-17-10-11-18(25-13-14(2)3)19-16(17)7-6-12-22-19/h6-7,10-12,14-15H,5,8-9,13H2,1-4H3,(H,23,24)/t21-/m0/s1. The third-order valence-electron chi connectivity index (χ3n) is 4.80. The van der Waals surface area contributed by atoms with Gasteiger partial charge in [-0.2, -0.15) is 0 Å². The monoisotopic (exact) mass is 356 g/mol. The van der Waals surface area contributed by atoms with Crippen molar-refractivity contribution in [3.05, 3.63) is 30.5 Å². The third kappa shape index (κ3) is 3.83. The van der Waals surface area contributed by atoms with E-state index in [1.54, 1.807) is 6.20 Å². The van der Waals surface area contributed by atoms with E-state index in [1.807, 2.05) is 38.1 Å². The molecule has 0 aliphatic heterocycles. The molecule has 1 amide bonds. The van der Waals surface area contributed by atoms with E-state index in [0.717, 1.165) is 35.2 Å². The van der Waals surface area contributed by atoms with Gasteiger partial charge in [-0.3, -0.25) is 9.78 Å². The number of hydrogen-bond donors (Lipinski definition) is 1. The number of aromatic nitrogens is 1. The quantitative estimate of drug-likeness (QED) is 0.761. The summed E-state index contributed by atoms with van der Waals surface area (Å²) in [5.41, 5.74) is 0.716. The Kier molecular flexibility index (Phi) is 5.47. The Hall–Kier alpha value is -2.14. The smallest absolute Gasteiger partial charge is 0.256 e. The normalized spacial score (nSPS) is 16.5. The maximum Gasteiger partial charge on any atom is 0.256 e. The van der Waals surface area contributed by atoms with Crippen LogP contribution in [0.15, 0.2) is 30.5 Å². The zero-order valence-electron chi connectivity index (χ0n) is 16.0. The minimum atomic E-state index is -0.782. The van der Waals surface area contributed by atoms with Crippen LogP contribution >= 0.6 is 0 Å². The molecule has 2 aromatic rings. The minimum Gasteiger partial charge on any atom is -0.491 e. The lowest BCUT2D eigenvalue weighted by Crippen LogP contribution is -2.44. The number of nitrogens with one attached hydrogen (secondary N) is 1. The molecule has 1 N–H and O–H groups in total. The molecule has 1 fully saturated rings. The van der Waals surface area contributed by atoms with Gasteiger partial charge in [-0.05, 0) is 62.8 Å². The van der Waals surface area contributed by atoms with Crippen molar-refractivity contribution in [3.8, 4) is 5.75 Å². The van der Waals surface area contributed by atoms with Crippen LogP contribution < -0.4 is 10.1 Å². The number of anilines is 1. The topological polar surface area (TPSA) is 60.5 Å². The highest BCUT2D eigenvalue weighted by molar-refractivity contribution is 6.05. The van der Waals surface area contributed by atoms with Crippen molar-refractivity contribution in [2.75, 3.05) is 18.5 Å². The Morgan fingerprint density at radius 1 is 1.35 bits per heavy atom. The molecule has 0 saturated heterocycles. The van der Waals surface area contributed by atoms with E-state index in [4.69, 9.17) is 9.47 Å². The van der Waals surface area contributed by atoms with Crippen LogP contribution in [0, 0.1) is 11.8 Å². The molecule has 0 unspecified atom stereocenters. The fourth-order valence-corrected chi connectivity index (χ4v) is 3.18. The molecule has 26 heavy (non-hydrogen) atoms. The van der Waals surface area contributed by atoms with Crippen LogP contribution in [0.2, 0.25) is 0 Å². The Morgan fingerprint density at radius 2 is 2.12 bits per heavy atom. The fraction of sp³-hybridized carbons (Fsp3) is 0.524. The van der Waals surface area contributed by atoms with Gasteiger partial charge in [0.1, 0.15) is 16.9 Å². The first kappa shape index (κ1) is 18.6. The van der Waals surface area contributed by atoms with Crippen LogP contribution in [0.25, 0.3) is 10.9 Å². The van der Waals surface area contributed by atoms with Gasteiger partial charge in [-0.15, -0.1) is 0 Å². The van der Waals surface area contributed by atoms with Gasteiger partial charge in [-0.1, -0.05) is 13.8 Å². The molecule has 1 atom stereocenters. The molecular formula is C21H28N2O3. The zero-order chi connectivity index (χ0) is 18.7. The summed E-state index contributed by atoms with van der Waals surface area (Å²) >= 11 is 0. The lowest BCUT2D eigenvalue weighted by molar-refractivity contribution is -0.141. The van der Waals surface area contributed by atoms with Crippen LogP contribution in [-0.2, 0) is 9.53 Å². The summed E-state index contributed by atoms with van der Waals surface area (Å²) in [7, 11) is 0. The number of fused-ring (bicyclic) bond motifs is 1. The maximum atomic E-state index is 13.0. The fourth-order valence-electron chi connectivity index (χ4n) is 3.18. The van der Waals surface area contributed by atoms with Gasteiger partial charge in [0.05, 0.1) is 12.3 Å². The third-order valence-corrected chi connectivity index (χ3v) is 4.80. The number of hydrogen-bond acceptors (Lipinski definition) is 4. The molecule has 3 rings (SSSR count). The van der Waals surface area contributed by atoms with E-state index in [-0.39, 0.29) is 5.91 Å². The van der Waals surface area contributed by atoms with Crippen LogP contribution in [0.1, 0.15) is 40.5 Å². The molecular weight excluding hydrogens is 328 g/mol. The summed E-state index contributed by atoms with van der Waals surface area (Å²) in [5, 5.41) is 3.94. The van der Waals surface area contributed by atoms with Gasteiger partial charge in [-0.25, -0.2) is 0 Å². The number of carbonyl (C=O) groups is 1. The summed E-state index contributed by atoms with van der Waals surface area (Å²) in [5.74, 6) is 1.36. The molecule has 1 aromatic carbocycles. The Labute approximate surface area is 155 Å². The van der Waals surface area contributed by atoms with Crippen molar-refractivity contribution in [1.82, 2.24) is 4.98 Å². The molecule has 5 nitrogen and oxygen atoms in total. The Balaban J connectivity index is 1.88. The summed E-state index contributed by atoms with van der Waals surface area (Å²) in [6, 6.07) is 7.58. The summed E-state index contributed by atoms with van der Waals surface area (Å²) < 4.78 is 11.7. The molecule has 5 heteroatoms. The molecule has 1 aromatic heterocycles. The molecule has 140 valence electrons. The van der Waals surface area contributed by atoms with Crippen molar-refractivity contribution in [1.29, 1.82) is 0 Å². The number of nitrogens with zero attached hydrogens (tertiary/aromatic N) is 1. The van der Waals surface area contributed by atoms with Crippen LogP contribution in [0.4, 0.5) is 5.69 Å². The Bertz CT molecular complexity index is 786. The van der Waals surface area contributed by atoms with Crippen molar-refractivity contribution in [2.45, 2.75) is 46.1 Å².